The number of carbonyl (C=O) groups is 1. The van der Waals surface area contributed by atoms with Gasteiger partial charge in [-0.1, -0.05) is 17.3 Å². The van der Waals surface area contributed by atoms with Gasteiger partial charge in [-0.2, -0.15) is 4.98 Å². The van der Waals surface area contributed by atoms with Crippen molar-refractivity contribution in [3.63, 3.8) is 0 Å². The minimum atomic E-state index is -0.506. The Morgan fingerprint density at radius 2 is 1.96 bits per heavy atom. The van der Waals surface area contributed by atoms with Gasteiger partial charge in [-0.05, 0) is 31.0 Å². The van der Waals surface area contributed by atoms with Gasteiger partial charge in [0, 0.05) is 31.3 Å². The minimum Gasteiger partial charge on any atom is -0.339 e. The van der Waals surface area contributed by atoms with Crippen molar-refractivity contribution in [3.05, 3.63) is 70.2 Å². The molecule has 3 heterocycles. The van der Waals surface area contributed by atoms with Gasteiger partial charge in [-0.3, -0.25) is 9.59 Å². The molecule has 1 amide bonds. The number of pyridine rings is 1. The minimum absolute atomic E-state index is 0.0648. The normalized spacial score (nSPS) is 15.1. The first kappa shape index (κ1) is 17.1. The molecule has 0 aliphatic carbocycles. The summed E-state index contributed by atoms with van der Waals surface area (Å²) < 4.78 is 19.1. The molecular formula is C19H17FN4O3. The maximum atomic E-state index is 13.8. The molecule has 1 aliphatic heterocycles. The molecule has 8 heteroatoms. The van der Waals surface area contributed by atoms with E-state index in [0.29, 0.717) is 43.2 Å². The van der Waals surface area contributed by atoms with Crippen LogP contribution < -0.4 is 5.56 Å². The van der Waals surface area contributed by atoms with E-state index in [0.717, 1.165) is 0 Å². The molecule has 0 saturated carbocycles. The summed E-state index contributed by atoms with van der Waals surface area (Å²) in [4.78, 5) is 32.3. The van der Waals surface area contributed by atoms with Gasteiger partial charge >= 0.3 is 0 Å². The predicted molar refractivity (Wildman–Crippen MR) is 94.6 cm³/mol. The first-order chi connectivity index (χ1) is 13.1. The number of amides is 1. The van der Waals surface area contributed by atoms with Crippen LogP contribution in [0, 0.1) is 5.82 Å². The van der Waals surface area contributed by atoms with Crippen LogP contribution in [0.25, 0.3) is 11.5 Å². The monoisotopic (exact) mass is 368 g/mol. The first-order valence-corrected chi connectivity index (χ1v) is 8.68. The molecule has 0 unspecified atom stereocenters. The van der Waals surface area contributed by atoms with Crippen LogP contribution in [0.15, 0.2) is 51.9 Å². The number of nitrogens with zero attached hydrogens (tertiary/aromatic N) is 3. The summed E-state index contributed by atoms with van der Waals surface area (Å²) in [7, 11) is 0. The second kappa shape index (κ2) is 7.14. The lowest BCUT2D eigenvalue weighted by Gasteiger charge is -2.30. The van der Waals surface area contributed by atoms with E-state index >= 15 is 0 Å². The summed E-state index contributed by atoms with van der Waals surface area (Å²) in [5.74, 6) is 0.178. The van der Waals surface area contributed by atoms with Crippen molar-refractivity contribution < 1.29 is 13.7 Å². The molecule has 1 aromatic carbocycles. The Morgan fingerprint density at radius 1 is 1.19 bits per heavy atom. The highest BCUT2D eigenvalue weighted by atomic mass is 19.1. The Hall–Kier alpha value is -3.29. The third-order valence-corrected chi connectivity index (χ3v) is 4.72. The van der Waals surface area contributed by atoms with Gasteiger partial charge in [0.25, 0.3) is 11.8 Å². The number of hydrogen-bond donors (Lipinski definition) is 1. The first-order valence-electron chi connectivity index (χ1n) is 8.68. The number of likely N-dealkylation sites (tertiary alicyclic amines) is 1. The van der Waals surface area contributed by atoms with Crippen LogP contribution in [0.3, 0.4) is 0 Å². The second-order valence-electron chi connectivity index (χ2n) is 6.45. The van der Waals surface area contributed by atoms with E-state index in [2.05, 4.69) is 15.1 Å². The van der Waals surface area contributed by atoms with E-state index in [1.54, 1.807) is 23.1 Å². The Bertz CT molecular complexity index is 1000. The number of carbonyl (C=O) groups excluding carboxylic acids is 1. The zero-order valence-electron chi connectivity index (χ0n) is 14.4. The molecule has 7 nitrogen and oxygen atoms in total. The molecule has 138 valence electrons. The van der Waals surface area contributed by atoms with Gasteiger partial charge in [0.05, 0.1) is 11.1 Å². The molecule has 0 radical (unpaired) electrons. The second-order valence-corrected chi connectivity index (χ2v) is 6.45. The zero-order valence-corrected chi connectivity index (χ0v) is 14.4. The Balaban J connectivity index is 1.42. The van der Waals surface area contributed by atoms with Crippen molar-refractivity contribution in [2.24, 2.45) is 0 Å². The molecule has 0 bridgehead atoms. The van der Waals surface area contributed by atoms with E-state index < -0.39 is 5.82 Å². The molecule has 1 saturated heterocycles. The molecular weight excluding hydrogens is 351 g/mol. The lowest BCUT2D eigenvalue weighted by molar-refractivity contribution is 0.0706. The summed E-state index contributed by atoms with van der Waals surface area (Å²) in [6, 6.07) is 9.02. The van der Waals surface area contributed by atoms with Crippen LogP contribution in [0.5, 0.6) is 0 Å². The molecule has 2 aromatic heterocycles. The Labute approximate surface area is 153 Å². The average Bonchev–Trinajstić information content (AvgIpc) is 3.19. The summed E-state index contributed by atoms with van der Waals surface area (Å²) in [5.41, 5.74) is 0.529. The fourth-order valence-corrected chi connectivity index (χ4v) is 3.21. The van der Waals surface area contributed by atoms with Crippen molar-refractivity contribution in [2.75, 3.05) is 13.1 Å². The van der Waals surface area contributed by atoms with E-state index in [1.165, 1.54) is 24.4 Å². The lowest BCUT2D eigenvalue weighted by Crippen LogP contribution is -2.38. The van der Waals surface area contributed by atoms with E-state index in [9.17, 15) is 14.0 Å². The van der Waals surface area contributed by atoms with E-state index in [-0.39, 0.29) is 22.9 Å². The number of aromatic amines is 1. The van der Waals surface area contributed by atoms with Gasteiger partial charge in [0.2, 0.25) is 5.56 Å². The number of aromatic nitrogens is 3. The molecule has 0 spiro atoms. The quantitative estimate of drug-likeness (QED) is 0.767. The SMILES string of the molecule is O=C(c1ccccc1F)N1CCC(c2noc(-c3ccc(=O)[nH]c3)n2)CC1. The highest BCUT2D eigenvalue weighted by molar-refractivity contribution is 5.94. The molecule has 27 heavy (non-hydrogen) atoms. The van der Waals surface area contributed by atoms with Crippen molar-refractivity contribution >= 4 is 5.91 Å². The van der Waals surface area contributed by atoms with Gasteiger partial charge in [0.1, 0.15) is 5.82 Å². The fourth-order valence-electron chi connectivity index (χ4n) is 3.21. The third-order valence-electron chi connectivity index (χ3n) is 4.72. The topological polar surface area (TPSA) is 92.1 Å². The van der Waals surface area contributed by atoms with Crippen LogP contribution in [0.4, 0.5) is 4.39 Å². The number of H-pyrrole nitrogens is 1. The van der Waals surface area contributed by atoms with Crippen molar-refractivity contribution in [1.29, 1.82) is 0 Å². The highest BCUT2D eigenvalue weighted by Crippen LogP contribution is 2.28. The number of piperidine rings is 1. The molecule has 1 fully saturated rings. The Kier molecular flexibility index (Phi) is 4.53. The number of nitrogens with one attached hydrogen (secondary N) is 1. The largest absolute Gasteiger partial charge is 0.339 e. The third kappa shape index (κ3) is 3.51. The standard InChI is InChI=1S/C19H17FN4O3/c20-15-4-2-1-3-14(15)19(26)24-9-7-12(8-10-24)17-22-18(27-23-17)13-5-6-16(25)21-11-13/h1-6,11-12H,7-10H2,(H,21,25). The molecule has 1 N–H and O–H groups in total. The van der Waals surface area contributed by atoms with Crippen LogP contribution >= 0.6 is 0 Å². The lowest BCUT2D eigenvalue weighted by atomic mass is 9.95. The van der Waals surface area contributed by atoms with Crippen LogP contribution in [0.2, 0.25) is 0 Å². The van der Waals surface area contributed by atoms with Gasteiger partial charge in [0.15, 0.2) is 5.82 Å². The predicted octanol–water partition coefficient (Wildman–Crippen LogP) is 2.58. The smallest absolute Gasteiger partial charge is 0.259 e. The average molecular weight is 368 g/mol. The number of hydrogen-bond acceptors (Lipinski definition) is 5. The van der Waals surface area contributed by atoms with Gasteiger partial charge in [-0.25, -0.2) is 4.39 Å². The number of rotatable bonds is 3. The molecule has 1 aliphatic rings. The van der Waals surface area contributed by atoms with Crippen molar-refractivity contribution in [1.82, 2.24) is 20.0 Å². The Morgan fingerprint density at radius 3 is 2.67 bits per heavy atom. The number of benzene rings is 1. The van der Waals surface area contributed by atoms with Gasteiger partial charge in [-0.15, -0.1) is 0 Å². The fraction of sp³-hybridized carbons (Fsp3) is 0.263. The van der Waals surface area contributed by atoms with Gasteiger partial charge < -0.3 is 14.4 Å². The van der Waals surface area contributed by atoms with Crippen LogP contribution in [-0.2, 0) is 0 Å². The maximum absolute atomic E-state index is 13.8. The summed E-state index contributed by atoms with van der Waals surface area (Å²) >= 11 is 0. The van der Waals surface area contributed by atoms with Crippen molar-refractivity contribution in [3.8, 4) is 11.5 Å². The van der Waals surface area contributed by atoms with Crippen molar-refractivity contribution in [2.45, 2.75) is 18.8 Å². The zero-order chi connectivity index (χ0) is 18.8. The summed E-state index contributed by atoms with van der Waals surface area (Å²) in [6.07, 6.45) is 2.87. The summed E-state index contributed by atoms with van der Waals surface area (Å²) in [5, 5.41) is 4.04. The maximum Gasteiger partial charge on any atom is 0.259 e. The molecule has 4 rings (SSSR count). The van der Waals surface area contributed by atoms with Crippen LogP contribution in [-0.4, -0.2) is 39.0 Å². The number of halogens is 1. The van der Waals surface area contributed by atoms with Crippen LogP contribution in [0.1, 0.15) is 34.9 Å². The molecule has 3 aromatic rings. The van der Waals surface area contributed by atoms with E-state index in [1.807, 2.05) is 0 Å². The molecule has 0 atom stereocenters. The summed E-state index contributed by atoms with van der Waals surface area (Å²) in [6.45, 7) is 1.00. The van der Waals surface area contributed by atoms with E-state index in [4.69, 9.17) is 4.52 Å². The highest BCUT2D eigenvalue weighted by Gasteiger charge is 2.28.